The number of rotatable bonds is 8. The van der Waals surface area contributed by atoms with Crippen molar-refractivity contribution in [2.24, 2.45) is 5.73 Å². The van der Waals surface area contributed by atoms with Crippen molar-refractivity contribution in [1.82, 2.24) is 0 Å². The summed E-state index contributed by atoms with van der Waals surface area (Å²) < 4.78 is 6.95. The van der Waals surface area contributed by atoms with Gasteiger partial charge in [-0.2, -0.15) is 0 Å². The highest BCUT2D eigenvalue weighted by Crippen LogP contribution is 2.21. The maximum absolute atomic E-state index is 12.2. The first-order chi connectivity index (χ1) is 12.8. The number of benzene rings is 2. The zero-order valence-electron chi connectivity index (χ0n) is 14.3. The lowest BCUT2D eigenvalue weighted by molar-refractivity contribution is -0.147. The lowest BCUT2D eigenvalue weighted by atomic mass is 10.1. The number of aliphatic hydroxyl groups excluding tert-OH is 1. The quantitative estimate of drug-likeness (QED) is 0.481. The summed E-state index contributed by atoms with van der Waals surface area (Å²) in [6.45, 7) is -0.00946. The number of carboxylic acid groups (broad SMARTS) is 1. The molecule has 0 aromatic heterocycles. The summed E-state index contributed by atoms with van der Waals surface area (Å²) >= 11 is 6.72. The van der Waals surface area contributed by atoms with Crippen LogP contribution < -0.4 is 5.73 Å². The Morgan fingerprint density at radius 2 is 1.67 bits per heavy atom. The molecule has 0 amide bonds. The Labute approximate surface area is 173 Å². The molecule has 0 spiro atoms. The maximum atomic E-state index is 12.2. The molecule has 144 valence electrons. The van der Waals surface area contributed by atoms with Gasteiger partial charge in [-0.3, -0.25) is 4.79 Å². The van der Waals surface area contributed by atoms with Crippen LogP contribution in [0.25, 0.3) is 0 Å². The topological polar surface area (TPSA) is 110 Å². The first kappa shape index (κ1) is 21.6. The average molecular weight is 501 g/mol. The van der Waals surface area contributed by atoms with Gasteiger partial charge in [0, 0.05) is 20.9 Å². The normalized spacial score (nSPS) is 13.0. The largest absolute Gasteiger partial charge is 0.479 e. The predicted octanol–water partition coefficient (Wildman–Crippen LogP) is 2.81. The molecular weight excluding hydrogens is 482 g/mol. The van der Waals surface area contributed by atoms with E-state index in [4.69, 9.17) is 15.6 Å². The second kappa shape index (κ2) is 9.98. The molecule has 2 atom stereocenters. The zero-order chi connectivity index (χ0) is 20.0. The van der Waals surface area contributed by atoms with Crippen LogP contribution in [-0.2, 0) is 33.8 Å². The van der Waals surface area contributed by atoms with Crippen molar-refractivity contribution in [2.45, 2.75) is 31.6 Å². The fourth-order valence-electron chi connectivity index (χ4n) is 2.39. The van der Waals surface area contributed by atoms with E-state index in [2.05, 4.69) is 31.9 Å². The van der Waals surface area contributed by atoms with E-state index in [1.807, 2.05) is 24.3 Å². The fourth-order valence-corrected chi connectivity index (χ4v) is 3.02. The summed E-state index contributed by atoms with van der Waals surface area (Å²) in [4.78, 5) is 22.9. The van der Waals surface area contributed by atoms with E-state index in [1.54, 1.807) is 18.2 Å². The molecule has 0 fully saturated rings. The molecule has 2 aromatic carbocycles. The number of esters is 1. The van der Waals surface area contributed by atoms with Crippen molar-refractivity contribution in [2.75, 3.05) is 0 Å². The van der Waals surface area contributed by atoms with E-state index >= 15 is 0 Å². The van der Waals surface area contributed by atoms with Crippen molar-refractivity contribution in [3.05, 3.63) is 68.1 Å². The number of carboxylic acids is 1. The Kier molecular flexibility index (Phi) is 7.97. The summed E-state index contributed by atoms with van der Waals surface area (Å²) in [6, 6.07) is 11.8. The van der Waals surface area contributed by atoms with Crippen LogP contribution in [0.1, 0.15) is 16.7 Å². The standard InChI is InChI=1S/C19H19Br2NO5/c20-14-4-1-11(2-5-14)8-16(22)19(26)27-10-13-7-12(3-6-15(13)21)9-17(23)18(24)25/h1-7,16-17,23H,8-10,22H2,(H,24,25)/t16-,17-/m1/s1. The van der Waals surface area contributed by atoms with Gasteiger partial charge in [0.2, 0.25) is 0 Å². The molecule has 6 nitrogen and oxygen atoms in total. The third-order valence-corrected chi connectivity index (χ3v) is 5.17. The van der Waals surface area contributed by atoms with E-state index in [0.717, 1.165) is 10.0 Å². The van der Waals surface area contributed by atoms with Gasteiger partial charge in [0.1, 0.15) is 12.6 Å². The van der Waals surface area contributed by atoms with E-state index < -0.39 is 24.1 Å². The van der Waals surface area contributed by atoms with Gasteiger partial charge in [-0.05, 0) is 35.7 Å². The molecule has 0 saturated carbocycles. The van der Waals surface area contributed by atoms with Crippen molar-refractivity contribution in [3.63, 3.8) is 0 Å². The SMILES string of the molecule is N[C@H](Cc1ccc(Br)cc1)C(=O)OCc1cc(C[C@@H](O)C(=O)O)ccc1Br. The molecule has 0 bridgehead atoms. The lowest BCUT2D eigenvalue weighted by Gasteiger charge is -2.14. The van der Waals surface area contributed by atoms with Gasteiger partial charge in [0.15, 0.2) is 6.10 Å². The number of halogens is 2. The van der Waals surface area contributed by atoms with Gasteiger partial charge in [-0.15, -0.1) is 0 Å². The number of nitrogens with two attached hydrogens (primary N) is 1. The number of carbonyl (C=O) groups excluding carboxylic acids is 1. The molecule has 0 unspecified atom stereocenters. The molecule has 0 aliphatic rings. The summed E-state index contributed by atoms with van der Waals surface area (Å²) in [6.07, 6.45) is -1.16. The van der Waals surface area contributed by atoms with E-state index in [0.29, 0.717) is 22.0 Å². The Balaban J connectivity index is 1.95. The van der Waals surface area contributed by atoms with E-state index in [9.17, 15) is 14.7 Å². The molecule has 4 N–H and O–H groups in total. The van der Waals surface area contributed by atoms with Crippen LogP contribution in [0.4, 0.5) is 0 Å². The predicted molar refractivity (Wildman–Crippen MR) is 107 cm³/mol. The van der Waals surface area contributed by atoms with Gasteiger partial charge in [0.05, 0.1) is 0 Å². The van der Waals surface area contributed by atoms with Crippen LogP contribution >= 0.6 is 31.9 Å². The monoisotopic (exact) mass is 499 g/mol. The molecule has 2 rings (SSSR count). The molecule has 0 aliphatic heterocycles. The number of aliphatic hydroxyl groups is 1. The molecule has 2 aromatic rings. The summed E-state index contributed by atoms with van der Waals surface area (Å²) in [5, 5.41) is 18.3. The van der Waals surface area contributed by atoms with Crippen molar-refractivity contribution >= 4 is 43.8 Å². The molecule has 0 radical (unpaired) electrons. The van der Waals surface area contributed by atoms with Gasteiger partial charge in [-0.25, -0.2) is 4.79 Å². The van der Waals surface area contributed by atoms with Crippen molar-refractivity contribution in [1.29, 1.82) is 0 Å². The van der Waals surface area contributed by atoms with Crippen LogP contribution in [0, 0.1) is 0 Å². The van der Waals surface area contributed by atoms with Crippen molar-refractivity contribution < 1.29 is 24.5 Å². The number of carbonyl (C=O) groups is 2. The molecule has 0 heterocycles. The molecular formula is C19H19Br2NO5. The molecule has 0 aliphatic carbocycles. The number of aliphatic carboxylic acids is 1. The fraction of sp³-hybridized carbons (Fsp3) is 0.263. The van der Waals surface area contributed by atoms with Crippen LogP contribution in [0.3, 0.4) is 0 Å². The van der Waals surface area contributed by atoms with E-state index in [-0.39, 0.29) is 13.0 Å². The van der Waals surface area contributed by atoms with Gasteiger partial charge < -0.3 is 20.7 Å². The third-order valence-electron chi connectivity index (χ3n) is 3.87. The first-order valence-corrected chi connectivity index (χ1v) is 9.69. The van der Waals surface area contributed by atoms with Crippen molar-refractivity contribution in [3.8, 4) is 0 Å². The van der Waals surface area contributed by atoms with Crippen LogP contribution in [0.5, 0.6) is 0 Å². The van der Waals surface area contributed by atoms with Crippen LogP contribution in [0.15, 0.2) is 51.4 Å². The second-order valence-corrected chi connectivity index (χ2v) is 7.80. The maximum Gasteiger partial charge on any atom is 0.332 e. The van der Waals surface area contributed by atoms with Crippen LogP contribution in [0.2, 0.25) is 0 Å². The highest BCUT2D eigenvalue weighted by atomic mass is 79.9. The van der Waals surface area contributed by atoms with Gasteiger partial charge >= 0.3 is 11.9 Å². The summed E-state index contributed by atoms with van der Waals surface area (Å²) in [5.41, 5.74) is 8.13. The minimum Gasteiger partial charge on any atom is -0.479 e. The lowest BCUT2D eigenvalue weighted by Crippen LogP contribution is -2.34. The zero-order valence-corrected chi connectivity index (χ0v) is 17.4. The minimum atomic E-state index is -1.49. The summed E-state index contributed by atoms with van der Waals surface area (Å²) in [5.74, 6) is -1.81. The second-order valence-electron chi connectivity index (χ2n) is 6.03. The Morgan fingerprint density at radius 1 is 1.04 bits per heavy atom. The first-order valence-electron chi connectivity index (χ1n) is 8.11. The number of hydrogen-bond acceptors (Lipinski definition) is 5. The Morgan fingerprint density at radius 3 is 2.30 bits per heavy atom. The Bertz CT molecular complexity index is 810. The average Bonchev–Trinajstić information content (AvgIpc) is 2.63. The van der Waals surface area contributed by atoms with Crippen LogP contribution in [-0.4, -0.2) is 34.3 Å². The molecule has 27 heavy (non-hydrogen) atoms. The summed E-state index contributed by atoms with van der Waals surface area (Å²) in [7, 11) is 0. The van der Waals surface area contributed by atoms with Gasteiger partial charge in [-0.1, -0.05) is 56.1 Å². The third kappa shape index (κ3) is 6.73. The smallest absolute Gasteiger partial charge is 0.332 e. The minimum absolute atomic E-state index is 0.00946. The Hall–Kier alpha value is -1.74. The number of ether oxygens (including phenoxy) is 1. The molecule has 8 heteroatoms. The van der Waals surface area contributed by atoms with E-state index in [1.165, 1.54) is 0 Å². The van der Waals surface area contributed by atoms with Gasteiger partial charge in [0.25, 0.3) is 0 Å². The highest BCUT2D eigenvalue weighted by molar-refractivity contribution is 9.10. The number of hydrogen-bond donors (Lipinski definition) is 3. The highest BCUT2D eigenvalue weighted by Gasteiger charge is 2.18. The molecule has 0 saturated heterocycles.